The Kier molecular flexibility index (Phi) is 4.22. The van der Waals surface area contributed by atoms with Gasteiger partial charge in [-0.15, -0.1) is 0 Å². The molecule has 110 valence electrons. The fraction of sp³-hybridized carbons (Fsp3) is 0.611. The van der Waals surface area contributed by atoms with Crippen LogP contribution >= 0.6 is 0 Å². The lowest BCUT2D eigenvalue weighted by atomic mass is 9.80. The van der Waals surface area contributed by atoms with Gasteiger partial charge in [0.25, 0.3) is 0 Å². The van der Waals surface area contributed by atoms with Crippen molar-refractivity contribution in [2.24, 2.45) is 17.3 Å². The van der Waals surface area contributed by atoms with Crippen LogP contribution in [-0.2, 0) is 4.79 Å². The van der Waals surface area contributed by atoms with Gasteiger partial charge in [-0.3, -0.25) is 4.79 Å². The van der Waals surface area contributed by atoms with Gasteiger partial charge in [0.1, 0.15) is 0 Å². The van der Waals surface area contributed by atoms with Crippen LogP contribution in [-0.4, -0.2) is 17.4 Å². The average molecular weight is 273 g/mol. The van der Waals surface area contributed by atoms with Gasteiger partial charge in [0, 0.05) is 12.5 Å². The number of hydrogen-bond acceptors (Lipinski definition) is 1. The summed E-state index contributed by atoms with van der Waals surface area (Å²) in [5, 5.41) is 0. The fourth-order valence-corrected chi connectivity index (χ4v) is 3.25. The van der Waals surface area contributed by atoms with Crippen molar-refractivity contribution in [1.82, 2.24) is 4.90 Å². The summed E-state index contributed by atoms with van der Waals surface area (Å²) in [5.41, 5.74) is 1.51. The Balaban J connectivity index is 2.12. The van der Waals surface area contributed by atoms with E-state index in [1.54, 1.807) is 0 Å². The third-order valence-corrected chi connectivity index (χ3v) is 4.43. The van der Waals surface area contributed by atoms with E-state index in [2.05, 4.69) is 51.7 Å². The molecule has 1 amide bonds. The van der Waals surface area contributed by atoms with Crippen LogP contribution in [0.1, 0.15) is 52.6 Å². The molecule has 1 aromatic carbocycles. The smallest absolute Gasteiger partial charge is 0.226 e. The summed E-state index contributed by atoms with van der Waals surface area (Å²) >= 11 is 0. The van der Waals surface area contributed by atoms with Crippen LogP contribution in [0.2, 0.25) is 0 Å². The second kappa shape index (κ2) is 5.59. The molecule has 0 saturated carbocycles. The van der Waals surface area contributed by atoms with Crippen LogP contribution < -0.4 is 0 Å². The standard InChI is InChI=1S/C18H27NO/c1-13-16(11-18(3,4)5)12-19(17(13)20)14(2)15-9-7-6-8-10-15/h6-10,13-14,16H,11-12H2,1-5H3. The lowest BCUT2D eigenvalue weighted by Crippen LogP contribution is -2.29. The molecule has 1 fully saturated rings. The summed E-state index contributed by atoms with van der Waals surface area (Å²) in [4.78, 5) is 14.6. The van der Waals surface area contributed by atoms with Crippen molar-refractivity contribution in [2.45, 2.75) is 47.1 Å². The van der Waals surface area contributed by atoms with E-state index in [0.29, 0.717) is 11.8 Å². The minimum atomic E-state index is 0.153. The molecule has 0 bridgehead atoms. The van der Waals surface area contributed by atoms with Gasteiger partial charge >= 0.3 is 0 Å². The number of rotatable bonds is 3. The molecule has 1 saturated heterocycles. The summed E-state index contributed by atoms with van der Waals surface area (Å²) in [5.74, 6) is 0.949. The Morgan fingerprint density at radius 1 is 1.25 bits per heavy atom. The van der Waals surface area contributed by atoms with Crippen molar-refractivity contribution in [3.63, 3.8) is 0 Å². The summed E-state index contributed by atoms with van der Waals surface area (Å²) in [6.45, 7) is 11.9. The first kappa shape index (κ1) is 15.1. The quantitative estimate of drug-likeness (QED) is 0.805. The molecule has 0 radical (unpaired) electrons. The average Bonchev–Trinajstić information content (AvgIpc) is 2.65. The van der Waals surface area contributed by atoms with Crippen LogP contribution in [0, 0.1) is 17.3 Å². The molecular weight excluding hydrogens is 246 g/mol. The van der Waals surface area contributed by atoms with Gasteiger partial charge < -0.3 is 4.90 Å². The molecule has 20 heavy (non-hydrogen) atoms. The van der Waals surface area contributed by atoms with Crippen molar-refractivity contribution < 1.29 is 4.79 Å². The number of carbonyl (C=O) groups excluding carboxylic acids is 1. The molecule has 2 nitrogen and oxygen atoms in total. The number of benzene rings is 1. The number of carbonyl (C=O) groups is 1. The van der Waals surface area contributed by atoms with E-state index in [1.807, 2.05) is 18.2 Å². The molecule has 2 rings (SSSR count). The summed E-state index contributed by atoms with van der Waals surface area (Å²) in [6, 6.07) is 10.5. The predicted molar refractivity (Wildman–Crippen MR) is 83.3 cm³/mol. The number of hydrogen-bond donors (Lipinski definition) is 0. The summed E-state index contributed by atoms with van der Waals surface area (Å²) in [6.07, 6.45) is 1.11. The minimum absolute atomic E-state index is 0.153. The molecular formula is C18H27NO. The van der Waals surface area contributed by atoms with Crippen molar-refractivity contribution >= 4 is 5.91 Å². The van der Waals surface area contributed by atoms with Gasteiger partial charge in [-0.05, 0) is 30.2 Å². The van der Waals surface area contributed by atoms with E-state index >= 15 is 0 Å². The molecule has 0 N–H and O–H groups in total. The first-order valence-electron chi connectivity index (χ1n) is 7.65. The maximum atomic E-state index is 12.5. The van der Waals surface area contributed by atoms with E-state index < -0.39 is 0 Å². The largest absolute Gasteiger partial charge is 0.335 e. The van der Waals surface area contributed by atoms with Gasteiger partial charge in [0.15, 0.2) is 0 Å². The Morgan fingerprint density at radius 2 is 1.85 bits per heavy atom. The van der Waals surface area contributed by atoms with Crippen LogP contribution in [0.5, 0.6) is 0 Å². The normalized spacial score (nSPS) is 25.1. The van der Waals surface area contributed by atoms with E-state index in [4.69, 9.17) is 0 Å². The van der Waals surface area contributed by atoms with Gasteiger partial charge in [-0.2, -0.15) is 0 Å². The topological polar surface area (TPSA) is 20.3 Å². The molecule has 0 aliphatic carbocycles. The number of likely N-dealkylation sites (tertiary alicyclic amines) is 1. The molecule has 0 aromatic heterocycles. The molecule has 1 aliphatic rings. The van der Waals surface area contributed by atoms with Crippen molar-refractivity contribution in [3.8, 4) is 0 Å². The van der Waals surface area contributed by atoms with E-state index in [0.717, 1.165) is 13.0 Å². The lowest BCUT2D eigenvalue weighted by Gasteiger charge is -2.27. The second-order valence-corrected chi connectivity index (χ2v) is 7.39. The molecule has 1 aromatic rings. The van der Waals surface area contributed by atoms with Gasteiger partial charge in [0.05, 0.1) is 6.04 Å². The highest BCUT2D eigenvalue weighted by molar-refractivity contribution is 5.81. The number of amides is 1. The lowest BCUT2D eigenvalue weighted by molar-refractivity contribution is -0.132. The maximum absolute atomic E-state index is 12.5. The Morgan fingerprint density at radius 3 is 2.40 bits per heavy atom. The van der Waals surface area contributed by atoms with Crippen molar-refractivity contribution in [1.29, 1.82) is 0 Å². The second-order valence-electron chi connectivity index (χ2n) is 7.39. The molecule has 3 unspecified atom stereocenters. The first-order chi connectivity index (χ1) is 9.29. The molecule has 2 heteroatoms. The first-order valence-corrected chi connectivity index (χ1v) is 7.65. The Hall–Kier alpha value is -1.31. The highest BCUT2D eigenvalue weighted by Crippen LogP contribution is 2.38. The van der Waals surface area contributed by atoms with E-state index in [1.165, 1.54) is 5.56 Å². The monoisotopic (exact) mass is 273 g/mol. The zero-order chi connectivity index (χ0) is 14.9. The Bertz CT molecular complexity index is 460. The zero-order valence-electron chi connectivity index (χ0n) is 13.4. The SMILES string of the molecule is CC1C(=O)N(C(C)c2ccccc2)CC1CC(C)(C)C. The number of nitrogens with zero attached hydrogens (tertiary/aromatic N) is 1. The van der Waals surface area contributed by atoms with Crippen molar-refractivity contribution in [3.05, 3.63) is 35.9 Å². The van der Waals surface area contributed by atoms with Crippen molar-refractivity contribution in [2.75, 3.05) is 6.54 Å². The molecule has 1 heterocycles. The highest BCUT2D eigenvalue weighted by Gasteiger charge is 2.40. The molecule has 1 aliphatic heterocycles. The van der Waals surface area contributed by atoms with E-state index in [9.17, 15) is 4.79 Å². The maximum Gasteiger partial charge on any atom is 0.226 e. The van der Waals surface area contributed by atoms with Gasteiger partial charge in [-0.1, -0.05) is 58.0 Å². The highest BCUT2D eigenvalue weighted by atomic mass is 16.2. The Labute approximate surface area is 123 Å². The van der Waals surface area contributed by atoms with Crippen LogP contribution in [0.25, 0.3) is 0 Å². The minimum Gasteiger partial charge on any atom is -0.335 e. The third-order valence-electron chi connectivity index (χ3n) is 4.43. The van der Waals surface area contributed by atoms with Gasteiger partial charge in [-0.25, -0.2) is 0 Å². The van der Waals surface area contributed by atoms with Crippen LogP contribution in [0.3, 0.4) is 0 Å². The summed E-state index contributed by atoms with van der Waals surface area (Å²) < 4.78 is 0. The zero-order valence-corrected chi connectivity index (χ0v) is 13.4. The van der Waals surface area contributed by atoms with E-state index in [-0.39, 0.29) is 17.4 Å². The predicted octanol–water partition coefficient (Wildman–Crippen LogP) is 4.28. The van der Waals surface area contributed by atoms with Gasteiger partial charge in [0.2, 0.25) is 5.91 Å². The fourth-order valence-electron chi connectivity index (χ4n) is 3.25. The van der Waals surface area contributed by atoms with Crippen LogP contribution in [0.15, 0.2) is 30.3 Å². The third kappa shape index (κ3) is 3.23. The summed E-state index contributed by atoms with van der Waals surface area (Å²) in [7, 11) is 0. The molecule has 0 spiro atoms. The molecule has 3 atom stereocenters. The van der Waals surface area contributed by atoms with Crippen LogP contribution in [0.4, 0.5) is 0 Å².